The lowest BCUT2D eigenvalue weighted by Crippen LogP contribution is -2.26. The average Bonchev–Trinajstić information content (AvgIpc) is 3.63. The van der Waals surface area contributed by atoms with Gasteiger partial charge in [0.1, 0.15) is 22.8 Å². The van der Waals surface area contributed by atoms with Gasteiger partial charge in [-0.2, -0.15) is 23.3 Å². The van der Waals surface area contributed by atoms with Crippen LogP contribution in [0, 0.1) is 0 Å². The molecule has 40 heavy (non-hydrogen) atoms. The SMILES string of the molecule is CC(C)S(=O)(=O)c1nn(C)cc1N(c1ncc(C(F)(F)F)c(N)n1)c1ccc(C2CCNCC2)cc1OC1CC1. The van der Waals surface area contributed by atoms with Crippen LogP contribution in [0.1, 0.15) is 56.6 Å². The lowest BCUT2D eigenvalue weighted by atomic mass is 9.90. The van der Waals surface area contributed by atoms with E-state index in [1.807, 2.05) is 12.1 Å². The first-order valence-electron chi connectivity index (χ1n) is 13.1. The maximum Gasteiger partial charge on any atom is 0.421 e. The normalized spacial score (nSPS) is 16.9. The van der Waals surface area contributed by atoms with Crippen molar-refractivity contribution in [3.8, 4) is 5.75 Å². The van der Waals surface area contributed by atoms with Crippen molar-refractivity contribution in [2.45, 2.75) is 68.0 Å². The molecule has 2 aromatic heterocycles. The number of halogens is 3. The van der Waals surface area contributed by atoms with Crippen molar-refractivity contribution in [2.75, 3.05) is 23.7 Å². The molecule has 1 aromatic carbocycles. The lowest BCUT2D eigenvalue weighted by Gasteiger charge is -2.28. The number of hydrogen-bond acceptors (Lipinski definition) is 9. The summed E-state index contributed by atoms with van der Waals surface area (Å²) in [5.74, 6) is -0.263. The van der Waals surface area contributed by atoms with E-state index in [9.17, 15) is 21.6 Å². The van der Waals surface area contributed by atoms with Crippen molar-refractivity contribution in [3.05, 3.63) is 41.7 Å². The van der Waals surface area contributed by atoms with Gasteiger partial charge in [-0.25, -0.2) is 13.4 Å². The number of aryl methyl sites for hydroxylation is 1. The molecule has 3 N–H and O–H groups in total. The van der Waals surface area contributed by atoms with E-state index in [2.05, 4.69) is 20.4 Å². The molecule has 0 bridgehead atoms. The van der Waals surface area contributed by atoms with Gasteiger partial charge in [-0.15, -0.1) is 0 Å². The first kappa shape index (κ1) is 28.1. The van der Waals surface area contributed by atoms with E-state index >= 15 is 0 Å². The molecule has 0 amide bonds. The number of sulfone groups is 1. The third-order valence-electron chi connectivity index (χ3n) is 7.07. The Labute approximate surface area is 230 Å². The van der Waals surface area contributed by atoms with Crippen molar-refractivity contribution in [3.63, 3.8) is 0 Å². The van der Waals surface area contributed by atoms with Gasteiger partial charge in [0.25, 0.3) is 0 Å². The van der Waals surface area contributed by atoms with Gasteiger partial charge in [-0.3, -0.25) is 9.58 Å². The van der Waals surface area contributed by atoms with Crippen LogP contribution in [-0.2, 0) is 23.1 Å². The minimum absolute atomic E-state index is 0.0183. The summed E-state index contributed by atoms with van der Waals surface area (Å²) in [6.45, 7) is 4.84. The van der Waals surface area contributed by atoms with Gasteiger partial charge in [-0.05, 0) is 76.2 Å². The predicted octanol–water partition coefficient (Wildman–Crippen LogP) is 4.47. The number of ether oxygens (including phenoxy) is 1. The van der Waals surface area contributed by atoms with E-state index in [0.717, 1.165) is 44.3 Å². The number of anilines is 4. The van der Waals surface area contributed by atoms with Crippen LogP contribution >= 0.6 is 0 Å². The first-order valence-corrected chi connectivity index (χ1v) is 14.7. The van der Waals surface area contributed by atoms with Crippen LogP contribution in [0.4, 0.5) is 36.3 Å². The Kier molecular flexibility index (Phi) is 7.42. The first-order chi connectivity index (χ1) is 18.9. The van der Waals surface area contributed by atoms with Gasteiger partial charge in [0.15, 0.2) is 0 Å². The van der Waals surface area contributed by atoms with E-state index in [4.69, 9.17) is 10.5 Å². The summed E-state index contributed by atoms with van der Waals surface area (Å²) in [5.41, 5.74) is 6.08. The molecular weight excluding hydrogens is 547 g/mol. The molecule has 1 aliphatic carbocycles. The second kappa shape index (κ2) is 10.5. The van der Waals surface area contributed by atoms with Gasteiger partial charge in [0.05, 0.1) is 23.2 Å². The summed E-state index contributed by atoms with van der Waals surface area (Å²) in [7, 11) is -2.37. The highest BCUT2D eigenvalue weighted by atomic mass is 32.2. The quantitative estimate of drug-likeness (QED) is 0.397. The molecule has 5 rings (SSSR count). The molecule has 216 valence electrons. The highest BCUT2D eigenvalue weighted by Crippen LogP contribution is 2.45. The molecule has 2 aliphatic rings. The van der Waals surface area contributed by atoms with Crippen LogP contribution < -0.4 is 20.7 Å². The highest BCUT2D eigenvalue weighted by molar-refractivity contribution is 7.92. The molecule has 3 heterocycles. The van der Waals surface area contributed by atoms with Gasteiger partial charge in [0.2, 0.25) is 20.8 Å². The predicted molar refractivity (Wildman–Crippen MR) is 144 cm³/mol. The van der Waals surface area contributed by atoms with Crippen molar-refractivity contribution in [2.24, 2.45) is 7.05 Å². The van der Waals surface area contributed by atoms with Crippen LogP contribution in [0.15, 0.2) is 35.6 Å². The van der Waals surface area contributed by atoms with E-state index in [1.165, 1.54) is 29.6 Å². The third kappa shape index (κ3) is 5.59. The number of alkyl halides is 3. The van der Waals surface area contributed by atoms with Crippen molar-refractivity contribution in [1.82, 2.24) is 25.1 Å². The van der Waals surface area contributed by atoms with Crippen LogP contribution in [0.2, 0.25) is 0 Å². The second-order valence-electron chi connectivity index (χ2n) is 10.5. The maximum absolute atomic E-state index is 13.5. The number of rotatable bonds is 8. The standard InChI is InChI=1S/C26H32F3N7O3S/c1-15(2)40(37,38)24-21(14-35(3)34-24)36(25-32-13-19(23(30)33-25)26(27,28)29)20-7-4-17(16-8-10-31-11-9-16)12-22(20)39-18-5-6-18/h4,7,12-16,18,31H,5-6,8-11H2,1-3H3,(H2,30,32,33). The van der Waals surface area contributed by atoms with Gasteiger partial charge >= 0.3 is 6.18 Å². The lowest BCUT2D eigenvalue weighted by molar-refractivity contribution is -0.137. The molecular formula is C26H32F3N7O3S. The monoisotopic (exact) mass is 579 g/mol. The van der Waals surface area contributed by atoms with E-state index < -0.39 is 32.6 Å². The number of aromatic nitrogens is 4. The van der Waals surface area contributed by atoms with E-state index in [-0.39, 0.29) is 22.8 Å². The fraction of sp³-hybridized carbons (Fsp3) is 0.500. The molecule has 10 nitrogen and oxygen atoms in total. The number of nitrogens with zero attached hydrogens (tertiary/aromatic N) is 5. The molecule has 0 unspecified atom stereocenters. The van der Waals surface area contributed by atoms with Crippen molar-refractivity contribution in [1.29, 1.82) is 0 Å². The Balaban J connectivity index is 1.72. The average molecular weight is 580 g/mol. The molecule has 1 saturated carbocycles. The smallest absolute Gasteiger partial charge is 0.421 e. The van der Waals surface area contributed by atoms with Crippen molar-refractivity contribution < 1.29 is 26.3 Å². The summed E-state index contributed by atoms with van der Waals surface area (Å²) in [6, 6.07) is 5.63. The van der Waals surface area contributed by atoms with Gasteiger partial charge in [0, 0.05) is 13.2 Å². The van der Waals surface area contributed by atoms with Gasteiger partial charge < -0.3 is 15.8 Å². The molecule has 14 heteroatoms. The second-order valence-corrected chi connectivity index (χ2v) is 12.9. The minimum Gasteiger partial charge on any atom is -0.488 e. The minimum atomic E-state index is -4.76. The largest absolute Gasteiger partial charge is 0.488 e. The number of nitrogens with one attached hydrogen (secondary N) is 1. The Bertz CT molecular complexity index is 1500. The van der Waals surface area contributed by atoms with Gasteiger partial charge in [-0.1, -0.05) is 6.07 Å². The molecule has 1 saturated heterocycles. The molecule has 0 spiro atoms. The number of nitrogen functional groups attached to an aromatic ring is 1. The third-order valence-corrected chi connectivity index (χ3v) is 9.14. The molecule has 3 aromatic rings. The zero-order valence-electron chi connectivity index (χ0n) is 22.4. The zero-order chi connectivity index (χ0) is 28.8. The summed E-state index contributed by atoms with van der Waals surface area (Å²) in [5, 5.41) is 6.50. The maximum atomic E-state index is 13.5. The Morgan fingerprint density at radius 1 is 1.15 bits per heavy atom. The number of hydrogen-bond donors (Lipinski definition) is 2. The summed E-state index contributed by atoms with van der Waals surface area (Å²) < 4.78 is 74.8. The zero-order valence-corrected chi connectivity index (χ0v) is 23.3. The number of piperidine rings is 1. The highest BCUT2D eigenvalue weighted by Gasteiger charge is 2.37. The Morgan fingerprint density at radius 2 is 1.85 bits per heavy atom. The summed E-state index contributed by atoms with van der Waals surface area (Å²) in [6.07, 6.45) is 0.908. The van der Waals surface area contributed by atoms with Crippen LogP contribution in [0.3, 0.4) is 0 Å². The molecule has 2 fully saturated rings. The topological polar surface area (TPSA) is 128 Å². The van der Waals surface area contributed by atoms with Crippen LogP contribution in [0.25, 0.3) is 0 Å². The fourth-order valence-corrected chi connectivity index (χ4v) is 5.80. The molecule has 1 aliphatic heterocycles. The molecule has 0 radical (unpaired) electrons. The van der Waals surface area contributed by atoms with E-state index in [0.29, 0.717) is 23.6 Å². The molecule has 0 atom stereocenters. The van der Waals surface area contributed by atoms with E-state index in [1.54, 1.807) is 13.1 Å². The number of benzene rings is 1. The summed E-state index contributed by atoms with van der Waals surface area (Å²) in [4.78, 5) is 9.36. The number of nitrogens with two attached hydrogens (primary N) is 1. The fourth-order valence-electron chi connectivity index (χ4n) is 4.68. The Hall–Kier alpha value is -3.39. The van der Waals surface area contributed by atoms with Crippen LogP contribution in [0.5, 0.6) is 5.75 Å². The van der Waals surface area contributed by atoms with Crippen LogP contribution in [-0.4, -0.2) is 52.6 Å². The van der Waals surface area contributed by atoms with Crippen molar-refractivity contribution >= 4 is 33.0 Å². The Morgan fingerprint density at radius 3 is 2.45 bits per heavy atom. The summed E-state index contributed by atoms with van der Waals surface area (Å²) >= 11 is 0.